The van der Waals surface area contributed by atoms with Gasteiger partial charge in [0.15, 0.2) is 0 Å². The molecular formula is C27H27N5O. The van der Waals surface area contributed by atoms with Crippen LogP contribution in [-0.4, -0.2) is 45.2 Å². The van der Waals surface area contributed by atoms with Crippen molar-refractivity contribution in [3.8, 4) is 22.9 Å². The summed E-state index contributed by atoms with van der Waals surface area (Å²) in [6, 6.07) is 25.6. The maximum atomic E-state index is 6.35. The Bertz CT molecular complexity index is 1220. The number of benzene rings is 3. The smallest absolute Gasteiger partial charge is 0.204 e. The van der Waals surface area contributed by atoms with Crippen LogP contribution in [0.1, 0.15) is 35.4 Å². The van der Waals surface area contributed by atoms with Crippen molar-refractivity contribution in [2.75, 3.05) is 19.6 Å². The van der Waals surface area contributed by atoms with Crippen LogP contribution in [0, 0.1) is 5.92 Å². The lowest BCUT2D eigenvalue weighted by Crippen LogP contribution is -2.37. The molecule has 1 N–H and O–H groups in total. The normalized spacial score (nSPS) is 18.4. The second-order valence-corrected chi connectivity index (χ2v) is 9.02. The summed E-state index contributed by atoms with van der Waals surface area (Å²) in [7, 11) is 0. The number of piperidine rings is 1. The van der Waals surface area contributed by atoms with Crippen LogP contribution >= 0.6 is 0 Å². The van der Waals surface area contributed by atoms with Crippen molar-refractivity contribution in [2.45, 2.75) is 25.2 Å². The molecule has 1 unspecified atom stereocenters. The average molecular weight is 438 g/mol. The van der Waals surface area contributed by atoms with E-state index in [9.17, 15) is 0 Å². The van der Waals surface area contributed by atoms with Crippen LogP contribution < -0.4 is 4.74 Å². The number of fused-ring (bicyclic) bond motifs is 2. The van der Waals surface area contributed by atoms with Crippen molar-refractivity contribution in [3.63, 3.8) is 0 Å². The summed E-state index contributed by atoms with van der Waals surface area (Å²) in [5, 5.41) is 14.5. The topological polar surface area (TPSA) is 66.9 Å². The molecule has 2 aliphatic rings. The third-order valence-electron chi connectivity index (χ3n) is 7.09. The van der Waals surface area contributed by atoms with Gasteiger partial charge >= 0.3 is 0 Å². The molecule has 0 amide bonds. The molecule has 33 heavy (non-hydrogen) atoms. The van der Waals surface area contributed by atoms with E-state index in [4.69, 9.17) is 4.74 Å². The molecule has 6 heteroatoms. The van der Waals surface area contributed by atoms with Crippen molar-refractivity contribution < 1.29 is 4.74 Å². The quantitative estimate of drug-likeness (QED) is 0.473. The molecule has 6 nitrogen and oxygen atoms in total. The molecule has 0 bridgehead atoms. The molecule has 1 saturated heterocycles. The van der Waals surface area contributed by atoms with Gasteiger partial charge in [-0.15, -0.1) is 10.2 Å². The maximum Gasteiger partial charge on any atom is 0.204 e. The van der Waals surface area contributed by atoms with Gasteiger partial charge in [-0.3, -0.25) is 0 Å². The van der Waals surface area contributed by atoms with Crippen molar-refractivity contribution in [3.05, 3.63) is 89.5 Å². The van der Waals surface area contributed by atoms with Gasteiger partial charge in [0.1, 0.15) is 11.5 Å². The predicted octanol–water partition coefficient (Wildman–Crippen LogP) is 5.06. The number of para-hydroxylation sites is 1. The Morgan fingerprint density at radius 1 is 0.879 bits per heavy atom. The summed E-state index contributed by atoms with van der Waals surface area (Å²) < 4.78 is 6.35. The SMILES string of the molecule is c1ccc(CCN2CCC(C3c4ccccc4Oc4cc(-c5nn[nH]n5)ccc43)CC2)cc1. The number of rotatable bonds is 5. The molecule has 166 valence electrons. The minimum Gasteiger partial charge on any atom is -0.457 e. The number of likely N-dealkylation sites (tertiary alicyclic amines) is 1. The first-order valence-electron chi connectivity index (χ1n) is 11.8. The summed E-state index contributed by atoms with van der Waals surface area (Å²) in [6.45, 7) is 3.42. The van der Waals surface area contributed by atoms with E-state index in [0.29, 0.717) is 17.7 Å². The maximum absolute atomic E-state index is 6.35. The number of nitrogens with one attached hydrogen (secondary N) is 1. The van der Waals surface area contributed by atoms with E-state index < -0.39 is 0 Å². The molecule has 4 aromatic rings. The molecule has 3 heterocycles. The van der Waals surface area contributed by atoms with Gasteiger partial charge < -0.3 is 9.64 Å². The largest absolute Gasteiger partial charge is 0.457 e. The van der Waals surface area contributed by atoms with Gasteiger partial charge in [0.2, 0.25) is 5.82 Å². The van der Waals surface area contributed by atoms with E-state index in [-0.39, 0.29) is 0 Å². The standard InChI is InChI=1S/C27H27N5O/c1-2-6-19(7-3-1)12-15-32-16-13-20(14-17-32)26-22-8-4-5-9-24(22)33-25-18-21(10-11-23(25)26)27-28-30-31-29-27/h1-11,18,20,26H,12-17H2,(H,28,29,30,31). The monoisotopic (exact) mass is 437 g/mol. The van der Waals surface area contributed by atoms with Crippen molar-refractivity contribution in [1.82, 2.24) is 25.5 Å². The molecule has 1 atom stereocenters. The van der Waals surface area contributed by atoms with Crippen LogP contribution in [0.15, 0.2) is 72.8 Å². The van der Waals surface area contributed by atoms with Gasteiger partial charge in [0.05, 0.1) is 0 Å². The zero-order chi connectivity index (χ0) is 22.0. The van der Waals surface area contributed by atoms with Crippen LogP contribution in [0.3, 0.4) is 0 Å². The van der Waals surface area contributed by atoms with Gasteiger partial charge in [-0.1, -0.05) is 60.7 Å². The van der Waals surface area contributed by atoms with Gasteiger partial charge in [-0.25, -0.2) is 0 Å². The summed E-state index contributed by atoms with van der Waals surface area (Å²) >= 11 is 0. The molecule has 0 aliphatic carbocycles. The van der Waals surface area contributed by atoms with Crippen molar-refractivity contribution in [1.29, 1.82) is 0 Å². The number of nitrogens with zero attached hydrogens (tertiary/aromatic N) is 4. The molecular weight excluding hydrogens is 410 g/mol. The first-order valence-corrected chi connectivity index (χ1v) is 11.8. The second-order valence-electron chi connectivity index (χ2n) is 9.02. The van der Waals surface area contributed by atoms with E-state index in [1.165, 1.54) is 29.5 Å². The molecule has 1 fully saturated rings. The lowest BCUT2D eigenvalue weighted by Gasteiger charge is -2.39. The molecule has 3 aromatic carbocycles. The molecule has 0 saturated carbocycles. The third-order valence-corrected chi connectivity index (χ3v) is 7.09. The summed E-state index contributed by atoms with van der Waals surface area (Å²) in [5.41, 5.74) is 4.91. The highest BCUT2D eigenvalue weighted by molar-refractivity contribution is 5.63. The number of tetrazole rings is 1. The highest BCUT2D eigenvalue weighted by atomic mass is 16.5. The average Bonchev–Trinajstić information content (AvgIpc) is 3.42. The number of hydrogen-bond acceptors (Lipinski definition) is 5. The van der Waals surface area contributed by atoms with E-state index >= 15 is 0 Å². The lowest BCUT2D eigenvalue weighted by molar-refractivity contribution is 0.174. The fourth-order valence-corrected chi connectivity index (χ4v) is 5.37. The van der Waals surface area contributed by atoms with Gasteiger partial charge in [0.25, 0.3) is 0 Å². The molecule has 1 aromatic heterocycles. The van der Waals surface area contributed by atoms with Crippen LogP contribution in [0.2, 0.25) is 0 Å². The number of aromatic amines is 1. The number of aromatic nitrogens is 4. The van der Waals surface area contributed by atoms with Crippen LogP contribution in [0.4, 0.5) is 0 Å². The molecule has 0 spiro atoms. The number of ether oxygens (including phenoxy) is 1. The first kappa shape index (κ1) is 20.1. The second kappa shape index (κ2) is 8.79. The Morgan fingerprint density at radius 2 is 1.67 bits per heavy atom. The Morgan fingerprint density at radius 3 is 2.48 bits per heavy atom. The van der Waals surface area contributed by atoms with Gasteiger partial charge in [-0.2, -0.15) is 5.21 Å². The van der Waals surface area contributed by atoms with Gasteiger partial charge in [0, 0.05) is 29.2 Å². The zero-order valence-electron chi connectivity index (χ0n) is 18.5. The lowest BCUT2D eigenvalue weighted by atomic mass is 9.74. The molecule has 0 radical (unpaired) electrons. The first-order chi connectivity index (χ1) is 16.3. The fourth-order valence-electron chi connectivity index (χ4n) is 5.37. The van der Waals surface area contributed by atoms with E-state index in [1.807, 2.05) is 0 Å². The van der Waals surface area contributed by atoms with Crippen molar-refractivity contribution in [2.24, 2.45) is 5.92 Å². The van der Waals surface area contributed by atoms with Gasteiger partial charge in [-0.05, 0) is 61.2 Å². The zero-order valence-corrected chi connectivity index (χ0v) is 18.5. The highest BCUT2D eigenvalue weighted by Gasteiger charge is 2.35. The van der Waals surface area contributed by atoms with Crippen LogP contribution in [0.25, 0.3) is 11.4 Å². The Balaban J connectivity index is 1.22. The van der Waals surface area contributed by atoms with E-state index in [1.54, 1.807) is 0 Å². The minimum atomic E-state index is 0.348. The summed E-state index contributed by atoms with van der Waals surface area (Å²) in [6.07, 6.45) is 3.51. The fraction of sp³-hybridized carbons (Fsp3) is 0.296. The van der Waals surface area contributed by atoms with Crippen LogP contribution in [-0.2, 0) is 6.42 Å². The van der Waals surface area contributed by atoms with E-state index in [0.717, 1.165) is 43.1 Å². The summed E-state index contributed by atoms with van der Waals surface area (Å²) in [4.78, 5) is 2.62. The molecule has 2 aliphatic heterocycles. The van der Waals surface area contributed by atoms with E-state index in [2.05, 4.69) is 98.3 Å². The number of H-pyrrole nitrogens is 1. The third kappa shape index (κ3) is 4.02. The predicted molar refractivity (Wildman–Crippen MR) is 127 cm³/mol. The Labute approximate surface area is 193 Å². The Hall–Kier alpha value is -3.51. The van der Waals surface area contributed by atoms with Crippen molar-refractivity contribution >= 4 is 0 Å². The molecule has 6 rings (SSSR count). The Kier molecular flexibility index (Phi) is 5.36. The highest BCUT2D eigenvalue weighted by Crippen LogP contribution is 2.50. The van der Waals surface area contributed by atoms with Crippen LogP contribution in [0.5, 0.6) is 11.5 Å². The summed E-state index contributed by atoms with van der Waals surface area (Å²) in [5.74, 6) is 3.40. The number of hydrogen-bond donors (Lipinski definition) is 1. The minimum absolute atomic E-state index is 0.348.